The Labute approximate surface area is 91.3 Å². The van der Waals surface area contributed by atoms with E-state index < -0.39 is 0 Å². The summed E-state index contributed by atoms with van der Waals surface area (Å²) in [6, 6.07) is 1.45. The van der Waals surface area contributed by atoms with Crippen LogP contribution >= 0.6 is 11.3 Å². The van der Waals surface area contributed by atoms with Crippen molar-refractivity contribution in [3.8, 4) is 0 Å². The molecule has 0 radical (unpaired) electrons. The minimum atomic E-state index is -0.0458. The molecule has 0 aliphatic carbocycles. The first-order chi connectivity index (χ1) is 7.16. The molecule has 0 atom stereocenters. The molecule has 0 aliphatic heterocycles. The van der Waals surface area contributed by atoms with E-state index in [1.807, 2.05) is 13.8 Å². The largest absolute Gasteiger partial charge is 0.292 e. The summed E-state index contributed by atoms with van der Waals surface area (Å²) in [6.45, 7) is 4.51. The van der Waals surface area contributed by atoms with Gasteiger partial charge in [-0.2, -0.15) is 0 Å². The van der Waals surface area contributed by atoms with Crippen LogP contribution in [0.4, 0.5) is 0 Å². The second-order valence-corrected chi connectivity index (χ2v) is 4.58. The zero-order chi connectivity index (χ0) is 10.8. The van der Waals surface area contributed by atoms with Gasteiger partial charge in [0.2, 0.25) is 0 Å². The van der Waals surface area contributed by atoms with Gasteiger partial charge in [-0.3, -0.25) is 9.36 Å². The monoisotopic (exact) mass is 221 g/mol. The van der Waals surface area contributed by atoms with Gasteiger partial charge in [0.25, 0.3) is 5.56 Å². The molecule has 0 fully saturated rings. The van der Waals surface area contributed by atoms with Gasteiger partial charge in [0.15, 0.2) is 0 Å². The van der Waals surface area contributed by atoms with Crippen LogP contribution in [0.3, 0.4) is 0 Å². The van der Waals surface area contributed by atoms with Crippen molar-refractivity contribution in [2.24, 2.45) is 0 Å². The van der Waals surface area contributed by atoms with Crippen molar-refractivity contribution in [2.75, 3.05) is 0 Å². The second kappa shape index (κ2) is 3.94. The zero-order valence-electron chi connectivity index (χ0n) is 8.60. The maximum absolute atomic E-state index is 11.4. The molecule has 4 nitrogen and oxygen atoms in total. The molecule has 2 rings (SSSR count). The molecule has 0 N–H and O–H groups in total. The molecule has 15 heavy (non-hydrogen) atoms. The van der Waals surface area contributed by atoms with E-state index in [0.717, 1.165) is 10.7 Å². The Morgan fingerprint density at radius 3 is 2.87 bits per heavy atom. The summed E-state index contributed by atoms with van der Waals surface area (Å²) < 4.78 is 1.55. The molecule has 0 saturated heterocycles. The smallest absolute Gasteiger partial charge is 0.253 e. The Morgan fingerprint density at radius 1 is 1.47 bits per heavy atom. The Kier molecular flexibility index (Phi) is 2.64. The van der Waals surface area contributed by atoms with Gasteiger partial charge in [0, 0.05) is 17.1 Å². The number of aromatic nitrogens is 3. The van der Waals surface area contributed by atoms with Crippen molar-refractivity contribution in [1.29, 1.82) is 0 Å². The predicted molar refractivity (Wildman–Crippen MR) is 59.2 cm³/mol. The minimum Gasteiger partial charge on any atom is -0.292 e. The first-order valence-electron chi connectivity index (χ1n) is 4.60. The minimum absolute atomic E-state index is 0.0458. The third kappa shape index (κ3) is 2.12. The van der Waals surface area contributed by atoms with Crippen LogP contribution in [-0.4, -0.2) is 14.5 Å². The van der Waals surface area contributed by atoms with Gasteiger partial charge in [-0.15, -0.1) is 11.3 Å². The fraction of sp³-hybridized carbons (Fsp3) is 0.300. The van der Waals surface area contributed by atoms with Gasteiger partial charge in [-0.25, -0.2) is 9.97 Å². The van der Waals surface area contributed by atoms with Crippen LogP contribution in [0.5, 0.6) is 0 Å². The van der Waals surface area contributed by atoms with Gasteiger partial charge < -0.3 is 0 Å². The molecule has 0 saturated carbocycles. The third-order valence-electron chi connectivity index (χ3n) is 2.17. The molecule has 0 amide bonds. The van der Waals surface area contributed by atoms with Crippen molar-refractivity contribution in [3.05, 3.63) is 44.5 Å². The topological polar surface area (TPSA) is 47.8 Å². The lowest BCUT2D eigenvalue weighted by Gasteiger charge is -1.99. The van der Waals surface area contributed by atoms with Gasteiger partial charge in [0.05, 0.1) is 18.6 Å². The number of hydrogen-bond acceptors (Lipinski definition) is 4. The molecule has 2 heterocycles. The van der Waals surface area contributed by atoms with Crippen LogP contribution in [0.25, 0.3) is 0 Å². The highest BCUT2D eigenvalue weighted by atomic mass is 32.1. The molecule has 2 aromatic heterocycles. The molecule has 0 unspecified atom stereocenters. The van der Waals surface area contributed by atoms with Gasteiger partial charge in [-0.05, 0) is 13.8 Å². The first-order valence-corrected chi connectivity index (χ1v) is 5.42. The highest BCUT2D eigenvalue weighted by Crippen LogP contribution is 2.16. The van der Waals surface area contributed by atoms with E-state index in [4.69, 9.17) is 0 Å². The molecule has 0 spiro atoms. The van der Waals surface area contributed by atoms with E-state index in [2.05, 4.69) is 9.97 Å². The number of hydrogen-bond donors (Lipinski definition) is 0. The zero-order valence-corrected chi connectivity index (χ0v) is 9.41. The van der Waals surface area contributed by atoms with Crippen LogP contribution in [0.2, 0.25) is 0 Å². The molecule has 0 bridgehead atoms. The summed E-state index contributed by atoms with van der Waals surface area (Å²) in [5.41, 5.74) is 0.988. The SMILES string of the molecule is Cc1nc(Cn2cnccc2=O)sc1C. The van der Waals surface area contributed by atoms with Crippen molar-refractivity contribution < 1.29 is 0 Å². The summed E-state index contributed by atoms with van der Waals surface area (Å²) in [7, 11) is 0. The van der Waals surface area contributed by atoms with Crippen LogP contribution in [0, 0.1) is 13.8 Å². The van der Waals surface area contributed by atoms with Gasteiger partial charge >= 0.3 is 0 Å². The molecule has 2 aromatic rings. The van der Waals surface area contributed by atoms with E-state index in [1.54, 1.807) is 15.9 Å². The fourth-order valence-electron chi connectivity index (χ4n) is 1.25. The van der Waals surface area contributed by atoms with E-state index in [-0.39, 0.29) is 5.56 Å². The summed E-state index contributed by atoms with van der Waals surface area (Å²) in [5, 5.41) is 0.945. The van der Waals surface area contributed by atoms with Crippen molar-refractivity contribution in [2.45, 2.75) is 20.4 Å². The van der Waals surface area contributed by atoms with Crippen molar-refractivity contribution in [1.82, 2.24) is 14.5 Å². The highest BCUT2D eigenvalue weighted by molar-refractivity contribution is 7.11. The highest BCUT2D eigenvalue weighted by Gasteiger charge is 2.04. The Hall–Kier alpha value is -1.49. The van der Waals surface area contributed by atoms with Crippen LogP contribution in [-0.2, 0) is 6.54 Å². The Morgan fingerprint density at radius 2 is 2.27 bits per heavy atom. The molecule has 5 heteroatoms. The lowest BCUT2D eigenvalue weighted by molar-refractivity contribution is 0.730. The summed E-state index contributed by atoms with van der Waals surface area (Å²) in [5.74, 6) is 0. The average Bonchev–Trinajstić information content (AvgIpc) is 2.50. The molecule has 78 valence electrons. The quantitative estimate of drug-likeness (QED) is 0.769. The van der Waals surface area contributed by atoms with Crippen molar-refractivity contribution in [3.63, 3.8) is 0 Å². The number of rotatable bonds is 2. The van der Waals surface area contributed by atoms with Crippen LogP contribution < -0.4 is 5.56 Å². The maximum atomic E-state index is 11.4. The van der Waals surface area contributed by atoms with Crippen LogP contribution in [0.15, 0.2) is 23.4 Å². The maximum Gasteiger partial charge on any atom is 0.253 e. The first kappa shape index (κ1) is 10.0. The summed E-state index contributed by atoms with van der Waals surface area (Å²) in [6.07, 6.45) is 3.03. The molecule has 0 aliphatic rings. The Balaban J connectivity index is 2.30. The third-order valence-corrected chi connectivity index (χ3v) is 3.23. The van der Waals surface area contributed by atoms with Gasteiger partial charge in [0.1, 0.15) is 5.01 Å². The fourth-order valence-corrected chi connectivity index (χ4v) is 2.18. The standard InChI is InChI=1S/C10H11N3OS/c1-7-8(2)15-9(12-7)5-13-6-11-4-3-10(13)14/h3-4,6H,5H2,1-2H3. The molecule has 0 aromatic carbocycles. The van der Waals surface area contributed by atoms with Crippen LogP contribution in [0.1, 0.15) is 15.6 Å². The van der Waals surface area contributed by atoms with Crippen molar-refractivity contribution >= 4 is 11.3 Å². The average molecular weight is 221 g/mol. The number of thiazole rings is 1. The molecular weight excluding hydrogens is 210 g/mol. The summed E-state index contributed by atoms with van der Waals surface area (Å²) in [4.78, 5) is 20.9. The second-order valence-electron chi connectivity index (χ2n) is 3.30. The van der Waals surface area contributed by atoms with E-state index >= 15 is 0 Å². The predicted octanol–water partition coefficient (Wildman–Crippen LogP) is 1.36. The number of nitrogens with zero attached hydrogens (tertiary/aromatic N) is 3. The lowest BCUT2D eigenvalue weighted by atomic mass is 10.4. The van der Waals surface area contributed by atoms with E-state index in [9.17, 15) is 4.79 Å². The lowest BCUT2D eigenvalue weighted by Crippen LogP contribution is -2.19. The van der Waals surface area contributed by atoms with Gasteiger partial charge in [-0.1, -0.05) is 0 Å². The van der Waals surface area contributed by atoms with E-state index in [0.29, 0.717) is 6.54 Å². The van der Waals surface area contributed by atoms with E-state index in [1.165, 1.54) is 23.5 Å². The Bertz CT molecular complexity index is 510. The summed E-state index contributed by atoms with van der Waals surface area (Å²) >= 11 is 1.62. The number of aryl methyl sites for hydroxylation is 2. The molecular formula is C10H11N3OS. The normalized spacial score (nSPS) is 10.5.